The first-order valence-corrected chi connectivity index (χ1v) is 19.6. The van der Waals surface area contributed by atoms with Gasteiger partial charge in [-0.2, -0.15) is 8.42 Å². The first-order valence-electron chi connectivity index (χ1n) is 18.2. The molecule has 17 heteroatoms. The Kier molecular flexibility index (Phi) is 27.4. The molecule has 0 saturated carbocycles. The zero-order valence-corrected chi connectivity index (χ0v) is 32.8. The standard InChI is InChI=1S/C23H31NO8S.C16H25NO6/c1-20-7-9-22(10-8-20)33(26,27)32-18-17-30-16-15-29-14-13-28-12-11-24-23(25)31-19-21-5-3-2-4-6-21;18-7-9-21-11-13-22-12-10-20-8-6-17-16(19)23-14-15-4-2-1-3-5-15/h2-10H,11-19H2,1H3,(H,24,25);1-5,18H,6-14H2,(H,17,19). The summed E-state index contributed by atoms with van der Waals surface area (Å²) in [5.74, 6) is 0. The van der Waals surface area contributed by atoms with Crippen LogP contribution in [0.15, 0.2) is 89.8 Å². The molecule has 0 heterocycles. The maximum absolute atomic E-state index is 12.0. The summed E-state index contributed by atoms with van der Waals surface area (Å²) < 4.78 is 70.7. The number of carbonyl (C=O) groups is 2. The molecule has 16 nitrogen and oxygen atoms in total. The summed E-state index contributed by atoms with van der Waals surface area (Å²) in [6.45, 7) is 7.44. The van der Waals surface area contributed by atoms with Crippen molar-refractivity contribution >= 4 is 22.3 Å². The van der Waals surface area contributed by atoms with Gasteiger partial charge in [-0.1, -0.05) is 78.4 Å². The molecule has 0 unspecified atom stereocenters. The molecule has 3 aromatic carbocycles. The third-order valence-corrected chi connectivity index (χ3v) is 8.28. The number of benzene rings is 3. The second kappa shape index (κ2) is 32.0. The molecular formula is C39H56N2O14S. The molecule has 0 bridgehead atoms. The van der Waals surface area contributed by atoms with Crippen molar-refractivity contribution in [2.45, 2.75) is 25.0 Å². The van der Waals surface area contributed by atoms with Crippen molar-refractivity contribution in [2.24, 2.45) is 0 Å². The highest BCUT2D eigenvalue weighted by atomic mass is 32.2. The van der Waals surface area contributed by atoms with Gasteiger partial charge in [0.2, 0.25) is 0 Å². The van der Waals surface area contributed by atoms with Crippen molar-refractivity contribution in [3.05, 3.63) is 102 Å². The van der Waals surface area contributed by atoms with E-state index in [1.807, 2.05) is 67.6 Å². The van der Waals surface area contributed by atoms with Crippen LogP contribution in [-0.2, 0) is 65.4 Å². The summed E-state index contributed by atoms with van der Waals surface area (Å²) in [6, 6.07) is 25.4. The van der Waals surface area contributed by atoms with E-state index in [0.717, 1.165) is 16.7 Å². The molecule has 0 spiro atoms. The van der Waals surface area contributed by atoms with Crippen LogP contribution < -0.4 is 10.6 Å². The second-order valence-electron chi connectivity index (χ2n) is 11.5. The third-order valence-electron chi connectivity index (χ3n) is 6.96. The Balaban J connectivity index is 0.000000413. The van der Waals surface area contributed by atoms with E-state index in [2.05, 4.69) is 10.6 Å². The van der Waals surface area contributed by atoms with Gasteiger partial charge in [0, 0.05) is 13.1 Å². The van der Waals surface area contributed by atoms with E-state index >= 15 is 0 Å². The first kappa shape index (κ1) is 48.0. The van der Waals surface area contributed by atoms with Crippen LogP contribution in [0.4, 0.5) is 9.59 Å². The second-order valence-corrected chi connectivity index (χ2v) is 13.1. The molecule has 0 aliphatic heterocycles. The largest absolute Gasteiger partial charge is 0.445 e. The summed E-state index contributed by atoms with van der Waals surface area (Å²) in [4.78, 5) is 23.1. The third kappa shape index (κ3) is 25.8. The van der Waals surface area contributed by atoms with Gasteiger partial charge >= 0.3 is 12.2 Å². The molecule has 0 radical (unpaired) electrons. The van der Waals surface area contributed by atoms with E-state index in [4.69, 9.17) is 47.2 Å². The van der Waals surface area contributed by atoms with Gasteiger partial charge in [-0.3, -0.25) is 4.18 Å². The number of amides is 2. The van der Waals surface area contributed by atoms with E-state index in [-0.39, 0.29) is 37.9 Å². The SMILES string of the molecule is Cc1ccc(S(=O)(=O)OCCOCCOCCOCCNC(=O)OCc2ccccc2)cc1.O=C(NCCOCCOCCOCCO)OCc1ccccc1. The van der Waals surface area contributed by atoms with Crippen LogP contribution in [0.1, 0.15) is 16.7 Å². The molecule has 0 aliphatic rings. The number of nitrogens with one attached hydrogen (secondary N) is 2. The summed E-state index contributed by atoms with van der Waals surface area (Å²) in [5, 5.41) is 13.7. The highest BCUT2D eigenvalue weighted by Crippen LogP contribution is 2.13. The lowest BCUT2D eigenvalue weighted by Gasteiger charge is -2.09. The number of hydrogen-bond acceptors (Lipinski definition) is 14. The molecule has 3 rings (SSSR count). The van der Waals surface area contributed by atoms with Crippen LogP contribution in [0.2, 0.25) is 0 Å². The fraction of sp³-hybridized carbons (Fsp3) is 0.487. The number of aliphatic hydroxyl groups is 1. The number of aliphatic hydroxyl groups excluding tert-OH is 1. The zero-order chi connectivity index (χ0) is 40.4. The highest BCUT2D eigenvalue weighted by Gasteiger charge is 2.14. The summed E-state index contributed by atoms with van der Waals surface area (Å²) >= 11 is 0. The minimum atomic E-state index is -3.77. The van der Waals surface area contributed by atoms with E-state index in [9.17, 15) is 18.0 Å². The topological polar surface area (TPSA) is 196 Å². The van der Waals surface area contributed by atoms with Gasteiger partial charge in [-0.05, 0) is 30.2 Å². The molecule has 2 amide bonds. The lowest BCUT2D eigenvalue weighted by molar-refractivity contribution is 0.00814. The van der Waals surface area contributed by atoms with E-state index in [0.29, 0.717) is 85.8 Å². The number of ether oxygens (including phenoxy) is 8. The van der Waals surface area contributed by atoms with Gasteiger partial charge in [0.15, 0.2) is 0 Å². The Labute approximate surface area is 329 Å². The van der Waals surface area contributed by atoms with Crippen molar-refractivity contribution in [3.8, 4) is 0 Å². The van der Waals surface area contributed by atoms with Crippen LogP contribution in [0.25, 0.3) is 0 Å². The minimum Gasteiger partial charge on any atom is -0.445 e. The Morgan fingerprint density at radius 1 is 0.518 bits per heavy atom. The first-order chi connectivity index (χ1) is 27.3. The molecule has 0 aromatic heterocycles. The average Bonchev–Trinajstić information content (AvgIpc) is 3.21. The minimum absolute atomic E-state index is 0.0178. The van der Waals surface area contributed by atoms with Crippen LogP contribution in [0.5, 0.6) is 0 Å². The monoisotopic (exact) mass is 808 g/mol. The summed E-state index contributed by atoms with van der Waals surface area (Å²) in [6.07, 6.45) is -0.957. The molecule has 3 aromatic rings. The Morgan fingerprint density at radius 3 is 1.30 bits per heavy atom. The van der Waals surface area contributed by atoms with Gasteiger partial charge in [0.05, 0.1) is 97.4 Å². The molecule has 0 atom stereocenters. The normalized spacial score (nSPS) is 11.0. The number of carbonyl (C=O) groups excluding carboxylic acids is 2. The number of aryl methyl sites for hydroxylation is 1. The average molecular weight is 809 g/mol. The number of alkyl carbamates (subject to hydrolysis) is 2. The maximum Gasteiger partial charge on any atom is 0.407 e. The van der Waals surface area contributed by atoms with Crippen LogP contribution >= 0.6 is 0 Å². The molecular weight excluding hydrogens is 752 g/mol. The summed E-state index contributed by atoms with van der Waals surface area (Å²) in [5.41, 5.74) is 2.84. The highest BCUT2D eigenvalue weighted by molar-refractivity contribution is 7.86. The predicted molar refractivity (Wildman–Crippen MR) is 206 cm³/mol. The van der Waals surface area contributed by atoms with Crippen LogP contribution in [0.3, 0.4) is 0 Å². The van der Waals surface area contributed by atoms with Crippen molar-refractivity contribution in [1.82, 2.24) is 10.6 Å². The van der Waals surface area contributed by atoms with Gasteiger partial charge in [0.1, 0.15) is 13.2 Å². The fourth-order valence-corrected chi connectivity index (χ4v) is 5.02. The Morgan fingerprint density at radius 2 is 0.893 bits per heavy atom. The van der Waals surface area contributed by atoms with Crippen molar-refractivity contribution in [1.29, 1.82) is 0 Å². The zero-order valence-electron chi connectivity index (χ0n) is 32.0. The Hall–Kier alpha value is -4.17. The lowest BCUT2D eigenvalue weighted by atomic mass is 10.2. The number of rotatable bonds is 29. The fourth-order valence-electron chi connectivity index (χ4n) is 4.12. The molecule has 312 valence electrons. The van der Waals surface area contributed by atoms with E-state index in [1.54, 1.807) is 12.1 Å². The summed E-state index contributed by atoms with van der Waals surface area (Å²) in [7, 11) is -3.77. The lowest BCUT2D eigenvalue weighted by Crippen LogP contribution is -2.28. The van der Waals surface area contributed by atoms with Crippen LogP contribution in [0, 0.1) is 6.92 Å². The molecule has 0 saturated heterocycles. The smallest absolute Gasteiger partial charge is 0.407 e. The van der Waals surface area contributed by atoms with E-state index in [1.165, 1.54) is 12.1 Å². The van der Waals surface area contributed by atoms with Gasteiger partial charge in [-0.15, -0.1) is 0 Å². The molecule has 56 heavy (non-hydrogen) atoms. The van der Waals surface area contributed by atoms with Gasteiger partial charge in [0.25, 0.3) is 10.1 Å². The van der Waals surface area contributed by atoms with Crippen LogP contribution in [-0.4, -0.2) is 131 Å². The van der Waals surface area contributed by atoms with Crippen molar-refractivity contribution in [3.63, 3.8) is 0 Å². The van der Waals surface area contributed by atoms with Gasteiger partial charge in [-0.25, -0.2) is 9.59 Å². The molecule has 0 fully saturated rings. The van der Waals surface area contributed by atoms with Crippen molar-refractivity contribution in [2.75, 3.05) is 106 Å². The molecule has 0 aliphatic carbocycles. The van der Waals surface area contributed by atoms with Gasteiger partial charge < -0.3 is 53.6 Å². The maximum atomic E-state index is 12.0. The van der Waals surface area contributed by atoms with Crippen molar-refractivity contribution < 1.29 is 65.2 Å². The number of hydrogen-bond donors (Lipinski definition) is 3. The quantitative estimate of drug-likeness (QED) is 0.0680. The molecule has 3 N–H and O–H groups in total. The Bertz CT molecular complexity index is 1520. The predicted octanol–water partition coefficient (Wildman–Crippen LogP) is 3.63. The van der Waals surface area contributed by atoms with E-state index < -0.39 is 22.3 Å².